The van der Waals surface area contributed by atoms with E-state index in [0.29, 0.717) is 0 Å². The lowest BCUT2D eigenvalue weighted by Gasteiger charge is -2.08. The maximum atomic E-state index is 13.5. The molecule has 19 heavy (non-hydrogen) atoms. The zero-order valence-electron chi connectivity index (χ0n) is 9.38. The number of halogens is 4. The van der Waals surface area contributed by atoms with Gasteiger partial charge in [-0.1, -0.05) is 12.1 Å². The highest BCUT2D eigenvalue weighted by molar-refractivity contribution is 9.10. The molecule has 0 atom stereocenters. The van der Waals surface area contributed by atoms with Crippen molar-refractivity contribution in [1.82, 2.24) is 0 Å². The first-order valence-electron chi connectivity index (χ1n) is 5.19. The van der Waals surface area contributed by atoms with Gasteiger partial charge in [-0.2, -0.15) is 0 Å². The van der Waals surface area contributed by atoms with E-state index < -0.39 is 23.4 Å². The smallest absolute Gasteiger partial charge is 0.258 e. The number of benzene rings is 2. The maximum absolute atomic E-state index is 13.5. The molecule has 2 aromatic carbocycles. The second-order valence-corrected chi connectivity index (χ2v) is 4.53. The van der Waals surface area contributed by atoms with Gasteiger partial charge in [0.05, 0.1) is 15.7 Å². The van der Waals surface area contributed by atoms with Crippen LogP contribution in [0.5, 0.6) is 0 Å². The van der Waals surface area contributed by atoms with Gasteiger partial charge in [0.2, 0.25) is 0 Å². The molecule has 0 aliphatic heterocycles. The fourth-order valence-electron chi connectivity index (χ4n) is 1.45. The van der Waals surface area contributed by atoms with E-state index in [1.807, 2.05) is 0 Å². The molecule has 0 aliphatic carbocycles. The highest BCUT2D eigenvalue weighted by Crippen LogP contribution is 2.24. The van der Waals surface area contributed by atoms with Crippen molar-refractivity contribution in [3.63, 3.8) is 0 Å². The number of hydrogen-bond donors (Lipinski definition) is 1. The molecular weight excluding hydrogens is 323 g/mol. The molecule has 0 fully saturated rings. The van der Waals surface area contributed by atoms with Crippen LogP contribution in [0.4, 0.5) is 18.9 Å². The van der Waals surface area contributed by atoms with Gasteiger partial charge < -0.3 is 5.32 Å². The number of rotatable bonds is 2. The van der Waals surface area contributed by atoms with Crippen molar-refractivity contribution in [1.29, 1.82) is 0 Å². The lowest BCUT2D eigenvalue weighted by atomic mass is 10.2. The third-order valence-electron chi connectivity index (χ3n) is 2.38. The molecule has 0 saturated carbocycles. The summed E-state index contributed by atoms with van der Waals surface area (Å²) < 4.78 is 40.0. The van der Waals surface area contributed by atoms with Crippen molar-refractivity contribution >= 4 is 27.5 Å². The molecule has 0 aliphatic rings. The summed E-state index contributed by atoms with van der Waals surface area (Å²) in [4.78, 5) is 11.7. The van der Waals surface area contributed by atoms with E-state index in [-0.39, 0.29) is 15.7 Å². The first-order valence-corrected chi connectivity index (χ1v) is 5.99. The van der Waals surface area contributed by atoms with Crippen LogP contribution in [0.25, 0.3) is 0 Å². The first kappa shape index (κ1) is 13.6. The molecule has 0 unspecified atom stereocenters. The number of nitrogens with one attached hydrogen (secondary N) is 1. The monoisotopic (exact) mass is 329 g/mol. The van der Waals surface area contributed by atoms with E-state index in [1.165, 1.54) is 18.2 Å². The minimum absolute atomic E-state index is 0.0612. The zero-order valence-corrected chi connectivity index (χ0v) is 11.0. The van der Waals surface area contributed by atoms with Crippen molar-refractivity contribution < 1.29 is 18.0 Å². The molecule has 0 heterocycles. The van der Waals surface area contributed by atoms with Crippen LogP contribution in [0.2, 0.25) is 0 Å². The number of amides is 1. The van der Waals surface area contributed by atoms with Crippen LogP contribution in [0, 0.1) is 17.5 Å². The molecule has 0 spiro atoms. The molecule has 1 amide bonds. The van der Waals surface area contributed by atoms with E-state index in [2.05, 4.69) is 21.2 Å². The Hall–Kier alpha value is -1.82. The Morgan fingerprint density at radius 3 is 2.37 bits per heavy atom. The normalized spacial score (nSPS) is 10.3. The van der Waals surface area contributed by atoms with Gasteiger partial charge >= 0.3 is 0 Å². The van der Waals surface area contributed by atoms with Gasteiger partial charge in [0.15, 0.2) is 0 Å². The fourth-order valence-corrected chi connectivity index (χ4v) is 1.77. The van der Waals surface area contributed by atoms with Crippen molar-refractivity contribution in [2.45, 2.75) is 0 Å². The van der Waals surface area contributed by atoms with Crippen molar-refractivity contribution in [2.75, 3.05) is 5.32 Å². The minimum Gasteiger partial charge on any atom is -0.319 e. The third kappa shape index (κ3) is 2.96. The summed E-state index contributed by atoms with van der Waals surface area (Å²) in [5.41, 5.74) is -0.598. The van der Waals surface area contributed by atoms with Gasteiger partial charge in [-0.05, 0) is 34.1 Å². The lowest BCUT2D eigenvalue weighted by Crippen LogP contribution is -2.14. The van der Waals surface area contributed by atoms with E-state index >= 15 is 0 Å². The van der Waals surface area contributed by atoms with E-state index in [9.17, 15) is 18.0 Å². The Kier molecular flexibility index (Phi) is 3.90. The van der Waals surface area contributed by atoms with Crippen molar-refractivity contribution in [2.24, 2.45) is 0 Å². The molecule has 1 N–H and O–H groups in total. The zero-order chi connectivity index (χ0) is 14.0. The summed E-state index contributed by atoms with van der Waals surface area (Å²) in [5, 5.41) is 2.12. The van der Waals surface area contributed by atoms with Gasteiger partial charge in [-0.25, -0.2) is 13.2 Å². The van der Waals surface area contributed by atoms with Crippen LogP contribution in [0.3, 0.4) is 0 Å². The van der Waals surface area contributed by atoms with Crippen LogP contribution in [0.1, 0.15) is 10.4 Å². The summed E-state index contributed by atoms with van der Waals surface area (Å²) in [6.45, 7) is 0. The van der Waals surface area contributed by atoms with Crippen LogP contribution < -0.4 is 5.32 Å². The predicted molar refractivity (Wildman–Crippen MR) is 68.4 cm³/mol. The highest BCUT2D eigenvalue weighted by Gasteiger charge is 2.14. The number of carbonyl (C=O) groups is 1. The van der Waals surface area contributed by atoms with Crippen molar-refractivity contribution in [3.8, 4) is 0 Å². The Morgan fingerprint density at radius 2 is 1.68 bits per heavy atom. The first-order chi connectivity index (χ1) is 8.99. The Balaban J connectivity index is 2.30. The molecule has 0 saturated heterocycles. The number of anilines is 1. The SMILES string of the molecule is O=C(Nc1cc(F)c(Br)cc1F)c1ccccc1F. The summed E-state index contributed by atoms with van der Waals surface area (Å²) in [5.74, 6) is -3.14. The summed E-state index contributed by atoms with van der Waals surface area (Å²) in [7, 11) is 0. The maximum Gasteiger partial charge on any atom is 0.258 e. The summed E-state index contributed by atoms with van der Waals surface area (Å²) >= 11 is 2.82. The standard InChI is InChI=1S/C13H7BrF3NO/c14-8-5-11(17)12(6-10(8)16)18-13(19)7-3-1-2-4-9(7)15/h1-6H,(H,18,19). The molecule has 2 nitrogen and oxygen atoms in total. The van der Waals surface area contributed by atoms with Gasteiger partial charge in [0.25, 0.3) is 5.91 Å². The lowest BCUT2D eigenvalue weighted by molar-refractivity contribution is 0.102. The van der Waals surface area contributed by atoms with Gasteiger partial charge in [0, 0.05) is 6.07 Å². The van der Waals surface area contributed by atoms with E-state index in [1.54, 1.807) is 0 Å². The van der Waals surface area contributed by atoms with Crippen LogP contribution in [-0.4, -0.2) is 5.91 Å². The summed E-state index contributed by atoms with van der Waals surface area (Å²) in [6.07, 6.45) is 0. The van der Waals surface area contributed by atoms with Gasteiger partial charge in [-0.15, -0.1) is 0 Å². The van der Waals surface area contributed by atoms with Crippen LogP contribution in [-0.2, 0) is 0 Å². The highest BCUT2D eigenvalue weighted by atomic mass is 79.9. The van der Waals surface area contributed by atoms with Gasteiger partial charge in [-0.3, -0.25) is 4.79 Å². The molecular formula is C13H7BrF3NO. The van der Waals surface area contributed by atoms with Crippen LogP contribution >= 0.6 is 15.9 Å². The summed E-state index contributed by atoms with van der Waals surface area (Å²) in [6, 6.07) is 6.94. The number of carbonyl (C=O) groups excluding carboxylic acids is 1. The molecule has 0 radical (unpaired) electrons. The molecule has 98 valence electrons. The van der Waals surface area contributed by atoms with E-state index in [0.717, 1.165) is 18.2 Å². The number of hydrogen-bond acceptors (Lipinski definition) is 1. The Bertz CT molecular complexity index is 646. The minimum atomic E-state index is -0.848. The van der Waals surface area contributed by atoms with Crippen LogP contribution in [0.15, 0.2) is 40.9 Å². The quantitative estimate of drug-likeness (QED) is 0.825. The average Bonchev–Trinajstić information content (AvgIpc) is 2.36. The predicted octanol–water partition coefficient (Wildman–Crippen LogP) is 4.12. The molecule has 2 rings (SSSR count). The third-order valence-corrected chi connectivity index (χ3v) is 2.98. The van der Waals surface area contributed by atoms with Crippen molar-refractivity contribution in [3.05, 3.63) is 63.9 Å². The average molecular weight is 330 g/mol. The second kappa shape index (κ2) is 5.44. The Morgan fingerprint density at radius 1 is 1.00 bits per heavy atom. The second-order valence-electron chi connectivity index (χ2n) is 3.68. The molecule has 0 aromatic heterocycles. The van der Waals surface area contributed by atoms with E-state index in [4.69, 9.17) is 0 Å². The molecule has 2 aromatic rings. The van der Waals surface area contributed by atoms with Gasteiger partial charge in [0.1, 0.15) is 17.5 Å². The topological polar surface area (TPSA) is 29.1 Å². The largest absolute Gasteiger partial charge is 0.319 e. The molecule has 0 bridgehead atoms. The molecule has 6 heteroatoms. The Labute approximate surface area is 115 Å². The fraction of sp³-hybridized carbons (Fsp3) is 0.